The molecule has 110 valence electrons. The van der Waals surface area contributed by atoms with Crippen LogP contribution in [0.5, 0.6) is 0 Å². The first kappa shape index (κ1) is 15.9. The van der Waals surface area contributed by atoms with Gasteiger partial charge in [0.25, 0.3) is 5.91 Å². The fourth-order valence-electron chi connectivity index (χ4n) is 1.79. The number of hydrogen-bond acceptors (Lipinski definition) is 4. The molecule has 0 saturated heterocycles. The van der Waals surface area contributed by atoms with Gasteiger partial charge in [-0.3, -0.25) is 4.79 Å². The van der Waals surface area contributed by atoms with E-state index in [-0.39, 0.29) is 17.9 Å². The summed E-state index contributed by atoms with van der Waals surface area (Å²) < 4.78 is 0. The zero-order chi connectivity index (χ0) is 15.3. The molecule has 20 heavy (non-hydrogen) atoms. The van der Waals surface area contributed by atoms with Crippen LogP contribution in [0.15, 0.2) is 12.0 Å². The minimum Gasteiger partial charge on any atom is -0.384 e. The van der Waals surface area contributed by atoms with E-state index in [0.717, 1.165) is 11.4 Å². The molecule has 0 radical (unpaired) electrons. The van der Waals surface area contributed by atoms with Crippen LogP contribution in [0.25, 0.3) is 6.08 Å². The highest BCUT2D eigenvalue weighted by Gasteiger charge is 2.21. The van der Waals surface area contributed by atoms with Crippen molar-refractivity contribution in [3.63, 3.8) is 0 Å². The Labute approximate surface area is 119 Å². The average Bonchev–Trinajstić information content (AvgIpc) is 2.83. The third-order valence-electron chi connectivity index (χ3n) is 2.89. The maximum atomic E-state index is 12.1. The summed E-state index contributed by atoms with van der Waals surface area (Å²) in [4.78, 5) is 31.3. The van der Waals surface area contributed by atoms with Crippen molar-refractivity contribution in [1.82, 2.24) is 20.2 Å². The highest BCUT2D eigenvalue weighted by molar-refractivity contribution is 5.97. The van der Waals surface area contributed by atoms with Crippen LogP contribution in [-0.2, 0) is 15.0 Å². The number of aldehydes is 1. The quantitative estimate of drug-likeness (QED) is 0.620. The number of imidazole rings is 1. The van der Waals surface area contributed by atoms with Crippen LogP contribution < -0.4 is 5.32 Å². The van der Waals surface area contributed by atoms with E-state index in [1.54, 1.807) is 26.5 Å². The van der Waals surface area contributed by atoms with Gasteiger partial charge in [0.15, 0.2) is 0 Å². The van der Waals surface area contributed by atoms with Crippen molar-refractivity contribution in [2.24, 2.45) is 0 Å². The van der Waals surface area contributed by atoms with Crippen molar-refractivity contribution >= 4 is 18.3 Å². The van der Waals surface area contributed by atoms with E-state index in [2.05, 4.69) is 36.1 Å². The van der Waals surface area contributed by atoms with Crippen LogP contribution in [0.3, 0.4) is 0 Å². The maximum Gasteiger partial charge on any atom is 0.270 e. The largest absolute Gasteiger partial charge is 0.384 e. The average molecular weight is 278 g/mol. The van der Waals surface area contributed by atoms with Crippen molar-refractivity contribution in [2.75, 3.05) is 20.6 Å². The van der Waals surface area contributed by atoms with E-state index >= 15 is 0 Å². The van der Waals surface area contributed by atoms with Gasteiger partial charge >= 0.3 is 0 Å². The molecule has 1 aromatic rings. The van der Waals surface area contributed by atoms with Crippen LogP contribution in [0.1, 0.15) is 32.2 Å². The molecule has 0 aliphatic heterocycles. The minimum absolute atomic E-state index is 0.0601. The highest BCUT2D eigenvalue weighted by atomic mass is 16.2. The smallest absolute Gasteiger partial charge is 0.270 e. The van der Waals surface area contributed by atoms with Gasteiger partial charge in [-0.05, 0) is 6.08 Å². The summed E-state index contributed by atoms with van der Waals surface area (Å²) in [6.07, 6.45) is 4.00. The Bertz CT molecular complexity index is 511. The van der Waals surface area contributed by atoms with Gasteiger partial charge in [-0.1, -0.05) is 20.8 Å². The number of likely N-dealkylation sites (N-methyl/N-ethyl adjacent to an activating group) is 2. The standard InChI is InChI=1S/C14H22N4O2/c1-14(2,3)12-10(16-9-17-12)8-11(15-4)13(20)18(5)6-7-19/h7-9,15H,6H2,1-5H3,(H,16,17)/b11-8-. The summed E-state index contributed by atoms with van der Waals surface area (Å²) in [5.41, 5.74) is 1.97. The number of hydrogen-bond donors (Lipinski definition) is 2. The molecule has 0 unspecified atom stereocenters. The second-order valence-electron chi connectivity index (χ2n) is 5.57. The van der Waals surface area contributed by atoms with Gasteiger partial charge in [-0.2, -0.15) is 0 Å². The first-order chi connectivity index (χ1) is 9.31. The molecule has 0 atom stereocenters. The third-order valence-corrected chi connectivity index (χ3v) is 2.89. The Hall–Kier alpha value is -2.11. The number of rotatable bonds is 5. The first-order valence-corrected chi connectivity index (χ1v) is 6.43. The van der Waals surface area contributed by atoms with Crippen LogP contribution >= 0.6 is 0 Å². The van der Waals surface area contributed by atoms with E-state index in [1.165, 1.54) is 4.90 Å². The minimum atomic E-state index is -0.248. The Balaban J connectivity index is 3.10. The molecular formula is C14H22N4O2. The first-order valence-electron chi connectivity index (χ1n) is 6.43. The number of H-pyrrole nitrogens is 1. The Morgan fingerprint density at radius 3 is 2.65 bits per heavy atom. The lowest BCUT2D eigenvalue weighted by Gasteiger charge is -2.19. The second kappa shape index (κ2) is 6.36. The number of aromatic nitrogens is 2. The van der Waals surface area contributed by atoms with E-state index in [9.17, 15) is 9.59 Å². The van der Waals surface area contributed by atoms with Gasteiger partial charge in [0.2, 0.25) is 0 Å². The van der Waals surface area contributed by atoms with Crippen LogP contribution in [0, 0.1) is 0 Å². The number of nitrogens with zero attached hydrogens (tertiary/aromatic N) is 2. The van der Waals surface area contributed by atoms with Crippen LogP contribution in [0.2, 0.25) is 0 Å². The van der Waals surface area contributed by atoms with Gasteiger partial charge in [0.1, 0.15) is 12.0 Å². The summed E-state index contributed by atoms with van der Waals surface area (Å²) in [7, 11) is 3.25. The van der Waals surface area contributed by atoms with Gasteiger partial charge in [0, 0.05) is 25.2 Å². The highest BCUT2D eigenvalue weighted by Crippen LogP contribution is 2.24. The molecule has 1 aromatic heterocycles. The number of carbonyl (C=O) groups excluding carboxylic acids is 2. The lowest BCUT2D eigenvalue weighted by Crippen LogP contribution is -2.33. The number of nitrogens with one attached hydrogen (secondary N) is 2. The summed E-state index contributed by atoms with van der Waals surface area (Å²) in [6, 6.07) is 0. The maximum absolute atomic E-state index is 12.1. The fraction of sp³-hybridized carbons (Fsp3) is 0.500. The zero-order valence-corrected chi connectivity index (χ0v) is 12.7. The molecule has 0 aromatic carbocycles. The molecule has 0 fully saturated rings. The monoisotopic (exact) mass is 278 g/mol. The van der Waals surface area contributed by atoms with E-state index in [1.807, 2.05) is 0 Å². The molecule has 2 N–H and O–H groups in total. The van der Waals surface area contributed by atoms with Gasteiger partial charge in [-0.15, -0.1) is 0 Å². The summed E-state index contributed by atoms with van der Waals surface area (Å²) in [6.45, 7) is 6.26. The summed E-state index contributed by atoms with van der Waals surface area (Å²) in [5.74, 6) is -0.248. The van der Waals surface area contributed by atoms with Crippen molar-refractivity contribution in [1.29, 1.82) is 0 Å². The molecule has 1 amide bonds. The molecule has 0 saturated carbocycles. The Kier molecular flexibility index (Phi) is 5.07. The molecular weight excluding hydrogens is 256 g/mol. The van der Waals surface area contributed by atoms with Gasteiger partial charge in [-0.25, -0.2) is 4.98 Å². The molecule has 6 nitrogen and oxygen atoms in total. The molecule has 0 spiro atoms. The lowest BCUT2D eigenvalue weighted by molar-refractivity contribution is -0.128. The molecule has 0 aliphatic rings. The van der Waals surface area contributed by atoms with Gasteiger partial charge in [0.05, 0.1) is 18.6 Å². The topological polar surface area (TPSA) is 78.1 Å². The predicted octanol–water partition coefficient (Wildman–Crippen LogP) is 0.925. The molecule has 6 heteroatoms. The van der Waals surface area contributed by atoms with Crippen molar-refractivity contribution in [3.05, 3.63) is 23.4 Å². The molecule has 0 bridgehead atoms. The number of aromatic amines is 1. The van der Waals surface area contributed by atoms with Crippen molar-refractivity contribution < 1.29 is 9.59 Å². The van der Waals surface area contributed by atoms with E-state index in [0.29, 0.717) is 12.0 Å². The zero-order valence-electron chi connectivity index (χ0n) is 12.7. The number of amides is 1. The number of carbonyl (C=O) groups is 2. The SMILES string of the molecule is CN/C(=C\c1nc[nH]c1C(C)(C)C)C(=O)N(C)CC=O. The molecule has 1 rings (SSSR count). The third kappa shape index (κ3) is 3.69. The molecule has 1 heterocycles. The molecule has 0 aliphatic carbocycles. The normalized spacial score (nSPS) is 12.2. The van der Waals surface area contributed by atoms with Crippen LogP contribution in [-0.4, -0.2) is 47.7 Å². The van der Waals surface area contributed by atoms with Crippen molar-refractivity contribution in [3.8, 4) is 0 Å². The van der Waals surface area contributed by atoms with Crippen molar-refractivity contribution in [2.45, 2.75) is 26.2 Å². The van der Waals surface area contributed by atoms with Gasteiger partial charge < -0.3 is 20.0 Å². The predicted molar refractivity (Wildman–Crippen MR) is 78.0 cm³/mol. The summed E-state index contributed by atoms with van der Waals surface area (Å²) in [5, 5.41) is 2.86. The van der Waals surface area contributed by atoms with E-state index < -0.39 is 0 Å². The second-order valence-corrected chi connectivity index (χ2v) is 5.57. The lowest BCUT2D eigenvalue weighted by atomic mass is 9.90. The summed E-state index contributed by atoms with van der Waals surface area (Å²) >= 11 is 0. The Morgan fingerprint density at radius 1 is 1.50 bits per heavy atom. The van der Waals surface area contributed by atoms with Crippen LogP contribution in [0.4, 0.5) is 0 Å². The fourth-order valence-corrected chi connectivity index (χ4v) is 1.79. The Morgan fingerprint density at radius 2 is 2.15 bits per heavy atom. The van der Waals surface area contributed by atoms with E-state index in [4.69, 9.17) is 0 Å².